The molecule has 5 aromatic rings. The average Bonchev–Trinajstić information content (AvgIpc) is 3.83. The maximum atomic E-state index is 14.4. The van der Waals surface area contributed by atoms with Gasteiger partial charge in [-0.1, -0.05) is 44.2 Å². The quantitative estimate of drug-likeness (QED) is 0.133. The molecule has 0 bridgehead atoms. The second-order valence-electron chi connectivity index (χ2n) is 15.2. The van der Waals surface area contributed by atoms with Crippen LogP contribution in [0.5, 0.6) is 0 Å². The fourth-order valence-corrected chi connectivity index (χ4v) is 7.90. The van der Waals surface area contributed by atoms with Crippen LogP contribution in [0.25, 0.3) is 22.5 Å². The molecule has 0 spiro atoms. The molecule has 0 radical (unpaired) electrons. The number of halogens is 4. The molecule has 6 heterocycles. The molecule has 1 aromatic carbocycles. The Labute approximate surface area is 336 Å². The number of benzene rings is 1. The zero-order chi connectivity index (χ0) is 41.4. The van der Waals surface area contributed by atoms with Crippen molar-refractivity contribution in [3.63, 3.8) is 0 Å². The van der Waals surface area contributed by atoms with Gasteiger partial charge in [0, 0.05) is 40.9 Å². The lowest BCUT2D eigenvalue weighted by atomic mass is 10.1. The van der Waals surface area contributed by atoms with E-state index in [1.165, 1.54) is 10.8 Å². The zero-order valence-electron chi connectivity index (χ0n) is 32.5. The Balaban J connectivity index is 1.16. The van der Waals surface area contributed by atoms with E-state index in [2.05, 4.69) is 45.0 Å². The maximum absolute atomic E-state index is 14.4. The van der Waals surface area contributed by atoms with Crippen molar-refractivity contribution in [2.24, 2.45) is 0 Å². The van der Waals surface area contributed by atoms with Crippen molar-refractivity contribution in [1.82, 2.24) is 43.6 Å². The van der Waals surface area contributed by atoms with E-state index in [-0.39, 0.29) is 73.2 Å². The van der Waals surface area contributed by atoms with Gasteiger partial charge in [-0.15, -0.1) is 5.10 Å². The SMILES string of the molecule is CCc1c(N2CCN(C(=O)c3ncnc4ncn(COCC[Si](C)(C)C)c34)CC2)c(=O)n2nc(C3=CCOCC3)nc2n1CC(=O)Nc1ccc(C(F)(F)F)cc1Cl. The summed E-state index contributed by atoms with van der Waals surface area (Å²) in [5.74, 6) is -0.505. The van der Waals surface area contributed by atoms with Gasteiger partial charge in [-0.25, -0.2) is 15.0 Å². The van der Waals surface area contributed by atoms with Crippen LogP contribution in [0.2, 0.25) is 30.7 Å². The Morgan fingerprint density at radius 1 is 1.09 bits per heavy atom. The zero-order valence-corrected chi connectivity index (χ0v) is 34.2. The summed E-state index contributed by atoms with van der Waals surface area (Å²) >= 11 is 6.16. The first-order valence-electron chi connectivity index (χ1n) is 18.9. The Morgan fingerprint density at radius 3 is 2.53 bits per heavy atom. The third kappa shape index (κ3) is 8.64. The van der Waals surface area contributed by atoms with Crippen LogP contribution in [-0.4, -0.2) is 109 Å². The number of anilines is 2. The number of nitrogens with zero attached hydrogens (tertiary/aromatic N) is 10. The third-order valence-electron chi connectivity index (χ3n) is 10.0. The highest BCUT2D eigenvalue weighted by Crippen LogP contribution is 2.34. The van der Waals surface area contributed by atoms with E-state index in [9.17, 15) is 27.6 Å². The molecule has 21 heteroatoms. The first kappa shape index (κ1) is 41.0. The highest BCUT2D eigenvalue weighted by atomic mass is 35.5. The number of rotatable bonds is 12. The van der Waals surface area contributed by atoms with Crippen molar-refractivity contribution in [2.45, 2.75) is 64.9 Å². The monoisotopic (exact) mass is 841 g/mol. The van der Waals surface area contributed by atoms with Crippen LogP contribution in [0.15, 0.2) is 41.7 Å². The lowest BCUT2D eigenvalue weighted by Crippen LogP contribution is -2.51. The van der Waals surface area contributed by atoms with Gasteiger partial charge < -0.3 is 33.7 Å². The number of amides is 2. The summed E-state index contributed by atoms with van der Waals surface area (Å²) in [6, 6.07) is 3.65. The van der Waals surface area contributed by atoms with Gasteiger partial charge in [0.05, 0.1) is 41.5 Å². The van der Waals surface area contributed by atoms with E-state index in [0.717, 1.165) is 29.8 Å². The van der Waals surface area contributed by atoms with Crippen molar-refractivity contribution in [2.75, 3.05) is 56.2 Å². The van der Waals surface area contributed by atoms with Gasteiger partial charge in [0.15, 0.2) is 17.2 Å². The van der Waals surface area contributed by atoms with Crippen LogP contribution in [0.3, 0.4) is 0 Å². The maximum Gasteiger partial charge on any atom is 0.416 e. The molecular formula is C37H43ClF3N11O5Si. The number of imidazole rings is 1. The van der Waals surface area contributed by atoms with Crippen molar-refractivity contribution in [3.8, 4) is 0 Å². The smallest absolute Gasteiger partial charge is 0.377 e. The number of hydrogen-bond acceptors (Lipinski definition) is 11. The number of carbonyl (C=O) groups excluding carboxylic acids is 2. The lowest BCUT2D eigenvalue weighted by molar-refractivity contribution is -0.137. The number of hydrogen-bond donors (Lipinski definition) is 1. The van der Waals surface area contributed by atoms with Gasteiger partial charge >= 0.3 is 6.18 Å². The third-order valence-corrected chi connectivity index (χ3v) is 12.0. The van der Waals surface area contributed by atoms with E-state index >= 15 is 0 Å². The van der Waals surface area contributed by atoms with Crippen LogP contribution in [-0.2, 0) is 40.1 Å². The van der Waals surface area contributed by atoms with Gasteiger partial charge in [-0.2, -0.15) is 22.7 Å². The number of alkyl halides is 3. The van der Waals surface area contributed by atoms with Gasteiger partial charge in [0.1, 0.15) is 30.8 Å². The number of piperazine rings is 1. The number of carbonyl (C=O) groups is 2. The average molecular weight is 842 g/mol. The molecule has 4 aromatic heterocycles. The Hall–Kier alpha value is -5.18. The van der Waals surface area contributed by atoms with Crippen molar-refractivity contribution >= 4 is 65.4 Å². The topological polar surface area (TPSA) is 167 Å². The molecule has 0 unspecified atom stereocenters. The van der Waals surface area contributed by atoms with E-state index in [1.54, 1.807) is 20.4 Å². The molecular weight excluding hydrogens is 799 g/mol. The molecule has 2 aliphatic heterocycles. The Bertz CT molecular complexity index is 2450. The lowest BCUT2D eigenvalue weighted by Gasteiger charge is -2.36. The predicted molar refractivity (Wildman–Crippen MR) is 213 cm³/mol. The Morgan fingerprint density at radius 2 is 1.86 bits per heavy atom. The van der Waals surface area contributed by atoms with Gasteiger partial charge in [-0.3, -0.25) is 14.4 Å². The van der Waals surface area contributed by atoms with E-state index in [0.29, 0.717) is 55.3 Å². The van der Waals surface area contributed by atoms with Crippen LogP contribution in [0, 0.1) is 0 Å². The molecule has 0 aliphatic carbocycles. The van der Waals surface area contributed by atoms with Crippen LogP contribution in [0.4, 0.5) is 24.5 Å². The standard InChI is InChI=1S/C37H43ClF3N11O5Si/c1-5-27-30(48-10-12-49(13-11-48)34(54)29-31-33(43-20-42-29)44-21-50(31)22-57-16-17-58(2,3)4)35(55)52-36(46-32(47-52)23-8-14-56-15-9-23)51(27)19-28(53)45-26-7-6-24(18-25(26)38)37(39,40)41/h6-8,18,20-21H,5,9-17,19,22H2,1-4H3,(H,45,53). The molecule has 7 rings (SSSR count). The molecule has 2 aliphatic rings. The van der Waals surface area contributed by atoms with E-state index in [1.807, 2.05) is 17.9 Å². The molecule has 0 saturated carbocycles. The Kier molecular flexibility index (Phi) is 11.7. The molecule has 1 fully saturated rings. The summed E-state index contributed by atoms with van der Waals surface area (Å²) < 4.78 is 55.7. The molecule has 0 atom stereocenters. The molecule has 1 saturated heterocycles. The summed E-state index contributed by atoms with van der Waals surface area (Å²) in [7, 11) is -1.30. The minimum absolute atomic E-state index is 0.0103. The van der Waals surface area contributed by atoms with Crippen molar-refractivity contribution < 1.29 is 32.2 Å². The first-order valence-corrected chi connectivity index (χ1v) is 23.0. The fourth-order valence-electron chi connectivity index (χ4n) is 6.91. The highest BCUT2D eigenvalue weighted by Gasteiger charge is 2.33. The normalized spacial score (nSPS) is 15.3. The van der Waals surface area contributed by atoms with Gasteiger partial charge in [-0.05, 0) is 42.7 Å². The van der Waals surface area contributed by atoms with Crippen LogP contribution >= 0.6 is 11.6 Å². The highest BCUT2D eigenvalue weighted by molar-refractivity contribution is 6.76. The largest absolute Gasteiger partial charge is 0.416 e. The minimum Gasteiger partial charge on any atom is -0.377 e. The summed E-state index contributed by atoms with van der Waals surface area (Å²) in [5.41, 5.74) is 1.19. The molecule has 308 valence electrons. The van der Waals surface area contributed by atoms with E-state index in [4.69, 9.17) is 26.1 Å². The summed E-state index contributed by atoms with van der Waals surface area (Å²) in [4.78, 5) is 63.2. The number of ether oxygens (including phenoxy) is 2. The number of fused-ring (bicyclic) bond motifs is 2. The second-order valence-corrected chi connectivity index (χ2v) is 21.2. The molecule has 1 N–H and O–H groups in total. The summed E-state index contributed by atoms with van der Waals surface area (Å²) in [6.45, 7) is 10.9. The van der Waals surface area contributed by atoms with Crippen LogP contribution < -0.4 is 15.8 Å². The molecule has 16 nitrogen and oxygen atoms in total. The fraction of sp³-hybridized carbons (Fsp3) is 0.459. The molecule has 58 heavy (non-hydrogen) atoms. The van der Waals surface area contributed by atoms with Crippen LogP contribution in [0.1, 0.15) is 40.9 Å². The van der Waals surface area contributed by atoms with Gasteiger partial charge in [0.2, 0.25) is 11.7 Å². The minimum atomic E-state index is -4.61. The summed E-state index contributed by atoms with van der Waals surface area (Å²) in [6.07, 6.45) is 0.943. The van der Waals surface area contributed by atoms with Gasteiger partial charge in [0.25, 0.3) is 11.5 Å². The second kappa shape index (κ2) is 16.6. The molecule has 2 amide bonds. The van der Waals surface area contributed by atoms with Crippen molar-refractivity contribution in [3.05, 3.63) is 75.1 Å². The van der Waals surface area contributed by atoms with E-state index < -0.39 is 31.3 Å². The number of nitrogens with one attached hydrogen (secondary N) is 1. The predicted octanol–water partition coefficient (Wildman–Crippen LogP) is 4.98. The summed E-state index contributed by atoms with van der Waals surface area (Å²) in [5, 5.41) is 6.90. The van der Waals surface area contributed by atoms with Crippen molar-refractivity contribution in [1.29, 1.82) is 0 Å². The number of aromatic nitrogens is 8. The first-order chi connectivity index (χ1) is 27.6.